The van der Waals surface area contributed by atoms with Crippen LogP contribution in [-0.4, -0.2) is 7.05 Å². The Kier molecular flexibility index (Phi) is 5.00. The molecule has 0 saturated heterocycles. The summed E-state index contributed by atoms with van der Waals surface area (Å²) >= 11 is 3.64. The van der Waals surface area contributed by atoms with Crippen molar-refractivity contribution in [3.63, 3.8) is 0 Å². The molecule has 1 unspecified atom stereocenters. The molecule has 0 aliphatic heterocycles. The van der Waals surface area contributed by atoms with E-state index in [-0.39, 0.29) is 0 Å². The van der Waals surface area contributed by atoms with Gasteiger partial charge in [-0.25, -0.2) is 0 Å². The molecule has 0 radical (unpaired) electrons. The molecule has 0 fully saturated rings. The van der Waals surface area contributed by atoms with Gasteiger partial charge in [0.25, 0.3) is 0 Å². The van der Waals surface area contributed by atoms with E-state index in [1.165, 1.54) is 32.3 Å². The molecule has 20 heavy (non-hydrogen) atoms. The van der Waals surface area contributed by atoms with E-state index >= 15 is 0 Å². The zero-order chi connectivity index (χ0) is 14.7. The Hall–Kier alpha value is -1.12. The first-order chi connectivity index (χ1) is 9.51. The highest BCUT2D eigenvalue weighted by atomic mass is 79.9. The zero-order valence-electron chi connectivity index (χ0n) is 12.6. The highest BCUT2D eigenvalue weighted by Gasteiger charge is 2.12. The lowest BCUT2D eigenvalue weighted by atomic mass is 9.95. The van der Waals surface area contributed by atoms with Gasteiger partial charge in [-0.1, -0.05) is 57.9 Å². The van der Waals surface area contributed by atoms with E-state index in [0.29, 0.717) is 6.04 Å². The molecular formula is C18H22BrN. The van der Waals surface area contributed by atoms with Crippen molar-refractivity contribution in [3.8, 4) is 0 Å². The summed E-state index contributed by atoms with van der Waals surface area (Å²) in [5.74, 6) is 0. The van der Waals surface area contributed by atoms with Crippen LogP contribution < -0.4 is 5.32 Å². The molecule has 0 amide bonds. The minimum Gasteiger partial charge on any atom is -0.313 e. The molecule has 1 atom stereocenters. The Labute approximate surface area is 130 Å². The molecular weight excluding hydrogens is 310 g/mol. The van der Waals surface area contributed by atoms with E-state index in [1.807, 2.05) is 7.05 Å². The Morgan fingerprint density at radius 1 is 1.05 bits per heavy atom. The average Bonchev–Trinajstić information content (AvgIpc) is 2.41. The minimum atomic E-state index is 0.349. The maximum Gasteiger partial charge on any atom is 0.0358 e. The third-order valence-electron chi connectivity index (χ3n) is 3.73. The van der Waals surface area contributed by atoms with Crippen molar-refractivity contribution in [3.05, 3.63) is 68.7 Å². The Balaban J connectivity index is 2.29. The topological polar surface area (TPSA) is 12.0 Å². The molecule has 0 heterocycles. The molecule has 0 aromatic heterocycles. The van der Waals surface area contributed by atoms with Gasteiger partial charge in [-0.05, 0) is 56.5 Å². The maximum atomic E-state index is 3.64. The van der Waals surface area contributed by atoms with E-state index in [4.69, 9.17) is 0 Å². The van der Waals surface area contributed by atoms with Gasteiger partial charge >= 0.3 is 0 Å². The summed E-state index contributed by atoms with van der Waals surface area (Å²) in [4.78, 5) is 0. The molecule has 0 aliphatic rings. The fourth-order valence-corrected chi connectivity index (χ4v) is 2.87. The van der Waals surface area contributed by atoms with Crippen LogP contribution >= 0.6 is 15.9 Å². The van der Waals surface area contributed by atoms with Gasteiger partial charge in [0.05, 0.1) is 0 Å². The van der Waals surface area contributed by atoms with Crippen LogP contribution in [0, 0.1) is 20.8 Å². The molecule has 2 heteroatoms. The number of rotatable bonds is 4. The van der Waals surface area contributed by atoms with Gasteiger partial charge in [0.1, 0.15) is 0 Å². The summed E-state index contributed by atoms with van der Waals surface area (Å²) < 4.78 is 1.21. The van der Waals surface area contributed by atoms with Crippen molar-refractivity contribution in [2.24, 2.45) is 0 Å². The van der Waals surface area contributed by atoms with Crippen LogP contribution in [0.15, 0.2) is 40.9 Å². The highest BCUT2D eigenvalue weighted by Crippen LogP contribution is 2.27. The van der Waals surface area contributed by atoms with Crippen LogP contribution in [-0.2, 0) is 6.42 Å². The Morgan fingerprint density at radius 2 is 1.70 bits per heavy atom. The van der Waals surface area contributed by atoms with Crippen LogP contribution in [0.1, 0.15) is 33.9 Å². The standard InChI is InChI=1S/C18H22BrN/c1-12-6-5-7-15(8-12)11-17(20-4)16-9-13(2)18(19)14(3)10-16/h5-10,17,20H,11H2,1-4H3. The lowest BCUT2D eigenvalue weighted by Crippen LogP contribution is -2.19. The van der Waals surface area contributed by atoms with E-state index in [0.717, 1.165) is 6.42 Å². The van der Waals surface area contributed by atoms with Gasteiger partial charge in [0, 0.05) is 10.5 Å². The highest BCUT2D eigenvalue weighted by molar-refractivity contribution is 9.10. The number of halogens is 1. The first-order valence-electron chi connectivity index (χ1n) is 7.00. The summed E-state index contributed by atoms with van der Waals surface area (Å²) in [6.45, 7) is 6.45. The Morgan fingerprint density at radius 3 is 2.25 bits per heavy atom. The normalized spacial score (nSPS) is 12.4. The third-order valence-corrected chi connectivity index (χ3v) is 4.98. The number of likely N-dealkylation sites (N-methyl/N-ethyl adjacent to an activating group) is 1. The van der Waals surface area contributed by atoms with Gasteiger partial charge in [-0.3, -0.25) is 0 Å². The molecule has 0 bridgehead atoms. The fourth-order valence-electron chi connectivity index (χ4n) is 2.64. The average molecular weight is 332 g/mol. The van der Waals surface area contributed by atoms with Crippen LogP contribution in [0.4, 0.5) is 0 Å². The first kappa shape index (κ1) is 15.3. The molecule has 2 aromatic carbocycles. The minimum absolute atomic E-state index is 0.349. The van der Waals surface area contributed by atoms with Crippen molar-refractivity contribution >= 4 is 15.9 Å². The summed E-state index contributed by atoms with van der Waals surface area (Å²) in [6.07, 6.45) is 1.01. The maximum absolute atomic E-state index is 3.64. The van der Waals surface area contributed by atoms with Crippen molar-refractivity contribution in [2.75, 3.05) is 7.05 Å². The summed E-state index contributed by atoms with van der Waals surface area (Å²) in [6, 6.07) is 13.6. The molecule has 0 saturated carbocycles. The lowest BCUT2D eigenvalue weighted by molar-refractivity contribution is 0.591. The molecule has 106 valence electrons. The summed E-state index contributed by atoms with van der Waals surface area (Å²) in [5, 5.41) is 3.44. The molecule has 0 spiro atoms. The van der Waals surface area contributed by atoms with Gasteiger partial charge in [-0.15, -0.1) is 0 Å². The smallest absolute Gasteiger partial charge is 0.0358 e. The van der Waals surface area contributed by atoms with Crippen LogP contribution in [0.2, 0.25) is 0 Å². The van der Waals surface area contributed by atoms with Gasteiger partial charge in [0.15, 0.2) is 0 Å². The van der Waals surface area contributed by atoms with Gasteiger partial charge in [0.2, 0.25) is 0 Å². The SMILES string of the molecule is CNC(Cc1cccc(C)c1)c1cc(C)c(Br)c(C)c1. The molecule has 0 aliphatic carbocycles. The number of nitrogens with one attached hydrogen (secondary N) is 1. The second kappa shape index (κ2) is 6.55. The predicted octanol–water partition coefficient (Wildman–Crippen LogP) is 4.88. The van der Waals surface area contributed by atoms with E-state index in [1.54, 1.807) is 0 Å². The summed E-state index contributed by atoms with van der Waals surface area (Å²) in [7, 11) is 2.03. The fraction of sp³-hybridized carbons (Fsp3) is 0.333. The quantitative estimate of drug-likeness (QED) is 0.842. The van der Waals surface area contributed by atoms with Gasteiger partial charge in [-0.2, -0.15) is 0 Å². The van der Waals surface area contributed by atoms with E-state index < -0.39 is 0 Å². The third kappa shape index (κ3) is 3.50. The predicted molar refractivity (Wildman–Crippen MR) is 90.3 cm³/mol. The second-order valence-electron chi connectivity index (χ2n) is 5.50. The van der Waals surface area contributed by atoms with Gasteiger partial charge < -0.3 is 5.32 Å². The molecule has 2 rings (SSSR count). The second-order valence-corrected chi connectivity index (χ2v) is 6.30. The molecule has 1 N–H and O–H groups in total. The van der Waals surface area contributed by atoms with Crippen molar-refractivity contribution in [1.82, 2.24) is 5.32 Å². The van der Waals surface area contributed by atoms with Crippen LogP contribution in [0.3, 0.4) is 0 Å². The zero-order valence-corrected chi connectivity index (χ0v) is 14.2. The molecule has 2 aromatic rings. The first-order valence-corrected chi connectivity index (χ1v) is 7.80. The number of benzene rings is 2. The number of hydrogen-bond donors (Lipinski definition) is 1. The van der Waals surface area contributed by atoms with Crippen molar-refractivity contribution in [1.29, 1.82) is 0 Å². The summed E-state index contributed by atoms with van der Waals surface area (Å²) in [5.41, 5.74) is 6.64. The lowest BCUT2D eigenvalue weighted by Gasteiger charge is -2.19. The largest absolute Gasteiger partial charge is 0.313 e. The number of hydrogen-bond acceptors (Lipinski definition) is 1. The van der Waals surface area contributed by atoms with Crippen molar-refractivity contribution < 1.29 is 0 Å². The van der Waals surface area contributed by atoms with E-state index in [2.05, 4.69) is 78.4 Å². The molecule has 1 nitrogen and oxygen atoms in total. The van der Waals surface area contributed by atoms with Crippen LogP contribution in [0.5, 0.6) is 0 Å². The van der Waals surface area contributed by atoms with Crippen LogP contribution in [0.25, 0.3) is 0 Å². The number of aryl methyl sites for hydroxylation is 3. The van der Waals surface area contributed by atoms with Crippen molar-refractivity contribution in [2.45, 2.75) is 33.2 Å². The Bertz CT molecular complexity index is 581. The van der Waals surface area contributed by atoms with E-state index in [9.17, 15) is 0 Å². The monoisotopic (exact) mass is 331 g/mol.